The van der Waals surface area contributed by atoms with E-state index in [0.29, 0.717) is 5.56 Å². The topological polar surface area (TPSA) is 111 Å². The highest BCUT2D eigenvalue weighted by molar-refractivity contribution is 5.96. The number of nitrogens with zero attached hydrogens (tertiary/aromatic N) is 1. The van der Waals surface area contributed by atoms with Gasteiger partial charge in [-0.25, -0.2) is 4.79 Å². The molecule has 1 aromatic rings. The number of nitrogens with one attached hydrogen (secondary N) is 2. The van der Waals surface area contributed by atoms with E-state index in [2.05, 4.69) is 10.6 Å². The van der Waals surface area contributed by atoms with E-state index in [1.165, 1.54) is 19.1 Å². The van der Waals surface area contributed by atoms with Crippen LogP contribution in [0.4, 0.5) is 10.5 Å². The average molecular weight is 335 g/mol. The summed E-state index contributed by atoms with van der Waals surface area (Å²) in [4.78, 5) is 34.3. The van der Waals surface area contributed by atoms with Gasteiger partial charge < -0.3 is 10.1 Å². The molecule has 24 heavy (non-hydrogen) atoms. The fraction of sp³-hybridized carbons (Fsp3) is 0.500. The smallest absolute Gasteiger partial charge is 0.321 e. The Bertz CT molecular complexity index is 641. The third-order valence-corrected chi connectivity index (χ3v) is 3.91. The van der Waals surface area contributed by atoms with E-state index in [-0.39, 0.29) is 17.5 Å². The summed E-state index contributed by atoms with van der Waals surface area (Å²) < 4.78 is 5.36. The van der Waals surface area contributed by atoms with Gasteiger partial charge in [0.1, 0.15) is 0 Å². The minimum absolute atomic E-state index is 0.00977. The molecule has 0 radical (unpaired) electrons. The van der Waals surface area contributed by atoms with E-state index in [1.54, 1.807) is 13.0 Å². The predicted octanol–water partition coefficient (Wildman–Crippen LogP) is 2.44. The predicted molar refractivity (Wildman–Crippen MR) is 86.9 cm³/mol. The third kappa shape index (κ3) is 4.68. The van der Waals surface area contributed by atoms with Crippen molar-refractivity contribution in [2.45, 2.75) is 51.7 Å². The van der Waals surface area contributed by atoms with Crippen LogP contribution >= 0.6 is 0 Å². The number of nitro groups is 1. The van der Waals surface area contributed by atoms with E-state index >= 15 is 0 Å². The third-order valence-electron chi connectivity index (χ3n) is 3.91. The van der Waals surface area contributed by atoms with Gasteiger partial charge >= 0.3 is 11.7 Å². The zero-order valence-electron chi connectivity index (χ0n) is 13.7. The Morgan fingerprint density at radius 3 is 2.62 bits per heavy atom. The summed E-state index contributed by atoms with van der Waals surface area (Å²) in [6.07, 6.45) is 2.90. The number of hydrogen-bond acceptors (Lipinski definition) is 5. The molecule has 0 heterocycles. The maximum atomic E-state index is 12.0. The molecule has 2 rings (SSSR count). The Hall–Kier alpha value is -2.64. The van der Waals surface area contributed by atoms with Gasteiger partial charge in [-0.05, 0) is 38.3 Å². The molecule has 1 aliphatic carbocycles. The quantitative estimate of drug-likeness (QED) is 0.634. The lowest BCUT2D eigenvalue weighted by atomic mass is 10.2. The van der Waals surface area contributed by atoms with Crippen LogP contribution in [-0.4, -0.2) is 29.0 Å². The normalized spacial score (nSPS) is 15.6. The fourth-order valence-electron chi connectivity index (χ4n) is 2.62. The van der Waals surface area contributed by atoms with Gasteiger partial charge in [-0.15, -0.1) is 0 Å². The number of nitro benzene ring substituents is 1. The van der Waals surface area contributed by atoms with Gasteiger partial charge in [-0.1, -0.05) is 18.9 Å². The number of urea groups is 1. The van der Waals surface area contributed by atoms with Crippen molar-refractivity contribution in [3.8, 4) is 5.75 Å². The van der Waals surface area contributed by atoms with Crippen molar-refractivity contribution in [1.82, 2.24) is 10.6 Å². The standard InChI is InChI=1S/C16H21N3O5/c1-10-7-8-14(13(9-10)19(22)23)24-11(2)15(20)18-16(21)17-12-5-3-4-6-12/h7-9,11-12H,3-6H2,1-2H3,(H2,17,18,20,21)/t11-/m0/s1. The SMILES string of the molecule is Cc1ccc(O[C@@H](C)C(=O)NC(=O)NC2CCCC2)c([N+](=O)[O-])c1. The molecule has 0 aromatic heterocycles. The summed E-state index contributed by atoms with van der Waals surface area (Å²) in [6, 6.07) is 3.98. The number of hydrogen-bond donors (Lipinski definition) is 2. The van der Waals surface area contributed by atoms with E-state index in [4.69, 9.17) is 4.74 Å². The Balaban J connectivity index is 1.93. The van der Waals surface area contributed by atoms with Crippen molar-refractivity contribution >= 4 is 17.6 Å². The summed E-state index contributed by atoms with van der Waals surface area (Å²) in [5.41, 5.74) is 0.493. The summed E-state index contributed by atoms with van der Waals surface area (Å²) in [5.74, 6) is -0.662. The number of carbonyl (C=O) groups excluding carboxylic acids is 2. The summed E-state index contributed by atoms with van der Waals surface area (Å²) in [7, 11) is 0. The van der Waals surface area contributed by atoms with Crippen LogP contribution in [0.25, 0.3) is 0 Å². The minimum Gasteiger partial charge on any atom is -0.474 e. The van der Waals surface area contributed by atoms with Crippen LogP contribution in [0.1, 0.15) is 38.2 Å². The van der Waals surface area contributed by atoms with Crippen LogP contribution in [0.15, 0.2) is 18.2 Å². The molecule has 130 valence electrons. The van der Waals surface area contributed by atoms with Crippen molar-refractivity contribution in [2.75, 3.05) is 0 Å². The van der Waals surface area contributed by atoms with Crippen LogP contribution in [0, 0.1) is 17.0 Å². The highest BCUT2D eigenvalue weighted by Crippen LogP contribution is 2.28. The average Bonchev–Trinajstić information content (AvgIpc) is 3.01. The Kier molecular flexibility index (Phi) is 5.73. The van der Waals surface area contributed by atoms with Crippen molar-refractivity contribution in [3.63, 3.8) is 0 Å². The molecular formula is C16H21N3O5. The second kappa shape index (κ2) is 7.76. The number of aryl methyl sites for hydroxylation is 1. The van der Waals surface area contributed by atoms with Crippen LogP contribution < -0.4 is 15.4 Å². The maximum Gasteiger partial charge on any atom is 0.321 e. The monoisotopic (exact) mass is 335 g/mol. The van der Waals surface area contributed by atoms with Gasteiger partial charge in [0.2, 0.25) is 0 Å². The largest absolute Gasteiger partial charge is 0.474 e. The lowest BCUT2D eigenvalue weighted by molar-refractivity contribution is -0.386. The first-order valence-corrected chi connectivity index (χ1v) is 7.90. The lowest BCUT2D eigenvalue weighted by Gasteiger charge is -2.16. The fourth-order valence-corrected chi connectivity index (χ4v) is 2.62. The Morgan fingerprint density at radius 2 is 2.00 bits per heavy atom. The van der Waals surface area contributed by atoms with Gasteiger partial charge in [-0.2, -0.15) is 0 Å². The first-order valence-electron chi connectivity index (χ1n) is 7.90. The molecule has 0 aliphatic heterocycles. The number of benzene rings is 1. The molecule has 1 aliphatic rings. The number of imide groups is 1. The van der Waals surface area contributed by atoms with E-state index in [0.717, 1.165) is 25.7 Å². The van der Waals surface area contributed by atoms with Crippen molar-refractivity contribution in [1.29, 1.82) is 0 Å². The highest BCUT2D eigenvalue weighted by atomic mass is 16.6. The van der Waals surface area contributed by atoms with Gasteiger partial charge in [-0.3, -0.25) is 20.2 Å². The molecule has 1 atom stereocenters. The minimum atomic E-state index is -1.04. The van der Waals surface area contributed by atoms with E-state index in [1.807, 2.05) is 0 Å². The second-order valence-corrected chi connectivity index (χ2v) is 5.93. The van der Waals surface area contributed by atoms with Gasteiger partial charge in [0.15, 0.2) is 11.9 Å². The summed E-state index contributed by atoms with van der Waals surface area (Å²) in [6.45, 7) is 3.15. The van der Waals surface area contributed by atoms with Gasteiger partial charge in [0.05, 0.1) is 4.92 Å². The number of amides is 3. The molecule has 1 aromatic carbocycles. The molecule has 1 fully saturated rings. The Morgan fingerprint density at radius 1 is 1.33 bits per heavy atom. The zero-order valence-corrected chi connectivity index (χ0v) is 13.7. The van der Waals surface area contributed by atoms with Gasteiger partial charge in [0, 0.05) is 12.1 Å². The Labute approximate surface area is 139 Å². The zero-order chi connectivity index (χ0) is 17.7. The lowest BCUT2D eigenvalue weighted by Crippen LogP contribution is -2.47. The molecular weight excluding hydrogens is 314 g/mol. The molecule has 0 unspecified atom stereocenters. The molecule has 0 spiro atoms. The molecule has 2 N–H and O–H groups in total. The number of carbonyl (C=O) groups is 2. The molecule has 3 amide bonds. The van der Waals surface area contributed by atoms with Crippen LogP contribution in [0.2, 0.25) is 0 Å². The van der Waals surface area contributed by atoms with Crippen LogP contribution in [0.5, 0.6) is 5.75 Å². The highest BCUT2D eigenvalue weighted by Gasteiger charge is 2.24. The van der Waals surface area contributed by atoms with Crippen LogP contribution in [0.3, 0.4) is 0 Å². The van der Waals surface area contributed by atoms with Crippen LogP contribution in [-0.2, 0) is 4.79 Å². The first-order chi connectivity index (χ1) is 11.4. The second-order valence-electron chi connectivity index (χ2n) is 5.93. The van der Waals surface area contributed by atoms with E-state index < -0.39 is 23.0 Å². The van der Waals surface area contributed by atoms with Crippen molar-refractivity contribution < 1.29 is 19.2 Å². The molecule has 8 nitrogen and oxygen atoms in total. The summed E-state index contributed by atoms with van der Waals surface area (Å²) >= 11 is 0. The first kappa shape index (κ1) is 17.7. The van der Waals surface area contributed by atoms with Crippen molar-refractivity contribution in [3.05, 3.63) is 33.9 Å². The van der Waals surface area contributed by atoms with Crippen molar-refractivity contribution in [2.24, 2.45) is 0 Å². The molecule has 8 heteroatoms. The number of rotatable bonds is 5. The molecule has 0 bridgehead atoms. The van der Waals surface area contributed by atoms with Gasteiger partial charge in [0.25, 0.3) is 5.91 Å². The molecule has 1 saturated carbocycles. The maximum absolute atomic E-state index is 12.0. The summed E-state index contributed by atoms with van der Waals surface area (Å²) in [5, 5.41) is 16.0. The molecule has 0 saturated heterocycles. The number of ether oxygens (including phenoxy) is 1. The van der Waals surface area contributed by atoms with E-state index in [9.17, 15) is 19.7 Å².